The number of benzene rings is 1. The molecular formula is C14H22BrClN2O2S. The van der Waals surface area contributed by atoms with Crippen LogP contribution in [0.3, 0.4) is 0 Å². The SMILES string of the molecule is CNCC1CCN(S(=O)(=O)c2cc(C)ccc2Br)CC1.Cl. The maximum absolute atomic E-state index is 12.7. The average Bonchev–Trinajstić information content (AvgIpc) is 2.42. The van der Waals surface area contributed by atoms with Gasteiger partial charge in [-0.15, -0.1) is 12.4 Å². The Labute approximate surface area is 141 Å². The van der Waals surface area contributed by atoms with Crippen LogP contribution in [0.1, 0.15) is 18.4 Å². The predicted octanol–water partition coefficient (Wildman–Crippen LogP) is 2.80. The molecule has 1 heterocycles. The van der Waals surface area contributed by atoms with Crippen LogP contribution < -0.4 is 5.32 Å². The average molecular weight is 398 g/mol. The van der Waals surface area contributed by atoms with Gasteiger partial charge in [0.05, 0.1) is 4.90 Å². The lowest BCUT2D eigenvalue weighted by Crippen LogP contribution is -2.40. The van der Waals surface area contributed by atoms with Crippen LogP contribution in [0.15, 0.2) is 27.6 Å². The van der Waals surface area contributed by atoms with E-state index < -0.39 is 10.0 Å². The summed E-state index contributed by atoms with van der Waals surface area (Å²) in [6, 6.07) is 5.44. The Hall–Kier alpha value is -0.140. The summed E-state index contributed by atoms with van der Waals surface area (Å²) in [5, 5.41) is 3.16. The van der Waals surface area contributed by atoms with Gasteiger partial charge < -0.3 is 5.32 Å². The number of nitrogens with one attached hydrogen (secondary N) is 1. The monoisotopic (exact) mass is 396 g/mol. The highest BCUT2D eigenvalue weighted by Crippen LogP contribution is 2.29. The van der Waals surface area contributed by atoms with E-state index in [2.05, 4.69) is 21.2 Å². The molecule has 0 aromatic heterocycles. The third-order valence-electron chi connectivity index (χ3n) is 3.77. The molecule has 1 aromatic carbocycles. The second-order valence-electron chi connectivity index (χ2n) is 5.34. The summed E-state index contributed by atoms with van der Waals surface area (Å²) in [7, 11) is -1.45. The van der Waals surface area contributed by atoms with Crippen LogP contribution in [0, 0.1) is 12.8 Å². The van der Waals surface area contributed by atoms with Gasteiger partial charge in [-0.25, -0.2) is 8.42 Å². The second kappa shape index (κ2) is 7.92. The Morgan fingerprint density at radius 3 is 2.52 bits per heavy atom. The lowest BCUT2D eigenvalue weighted by Gasteiger charge is -2.31. The van der Waals surface area contributed by atoms with Gasteiger partial charge in [0.15, 0.2) is 0 Å². The van der Waals surface area contributed by atoms with E-state index in [4.69, 9.17) is 0 Å². The summed E-state index contributed by atoms with van der Waals surface area (Å²) in [5.41, 5.74) is 0.955. The molecule has 1 aromatic rings. The molecular weight excluding hydrogens is 376 g/mol. The molecule has 1 N–H and O–H groups in total. The Morgan fingerprint density at radius 2 is 1.95 bits per heavy atom. The van der Waals surface area contributed by atoms with Gasteiger partial charge in [-0.1, -0.05) is 6.07 Å². The first-order valence-corrected chi connectivity index (χ1v) is 9.09. The van der Waals surface area contributed by atoms with Crippen molar-refractivity contribution in [3.05, 3.63) is 28.2 Å². The van der Waals surface area contributed by atoms with E-state index in [-0.39, 0.29) is 12.4 Å². The fraction of sp³-hybridized carbons (Fsp3) is 0.571. The predicted molar refractivity (Wildman–Crippen MR) is 91.5 cm³/mol. The molecule has 0 aliphatic carbocycles. The van der Waals surface area contributed by atoms with Crippen molar-refractivity contribution >= 4 is 38.4 Å². The smallest absolute Gasteiger partial charge is 0.244 e. The van der Waals surface area contributed by atoms with E-state index in [0.29, 0.717) is 28.4 Å². The van der Waals surface area contributed by atoms with E-state index in [1.165, 1.54) is 0 Å². The zero-order chi connectivity index (χ0) is 14.8. The summed E-state index contributed by atoms with van der Waals surface area (Å²) < 4.78 is 27.7. The molecule has 0 saturated carbocycles. The first-order valence-electron chi connectivity index (χ1n) is 6.86. The number of aryl methyl sites for hydroxylation is 1. The minimum absolute atomic E-state index is 0. The minimum atomic E-state index is -3.39. The number of rotatable bonds is 4. The summed E-state index contributed by atoms with van der Waals surface area (Å²) >= 11 is 3.35. The van der Waals surface area contributed by atoms with Gasteiger partial charge in [-0.05, 0) is 72.9 Å². The zero-order valence-corrected chi connectivity index (χ0v) is 15.5. The molecule has 0 radical (unpaired) electrons. The highest BCUT2D eigenvalue weighted by atomic mass is 79.9. The number of hydrogen-bond donors (Lipinski definition) is 1. The third-order valence-corrected chi connectivity index (χ3v) is 6.66. The number of nitrogens with zero attached hydrogens (tertiary/aromatic N) is 1. The molecule has 1 fully saturated rings. The summed E-state index contributed by atoms with van der Waals surface area (Å²) in [6.07, 6.45) is 1.84. The Morgan fingerprint density at radius 1 is 1.33 bits per heavy atom. The standard InChI is InChI=1S/C14H21BrN2O2S.ClH/c1-11-3-4-13(15)14(9-11)20(18,19)17-7-5-12(6-8-17)10-16-2;/h3-4,9,12,16H,5-8,10H2,1-2H3;1H. The van der Waals surface area contributed by atoms with E-state index in [0.717, 1.165) is 24.9 Å². The molecule has 1 saturated heterocycles. The van der Waals surface area contributed by atoms with Crippen molar-refractivity contribution in [3.8, 4) is 0 Å². The Kier molecular flexibility index (Phi) is 7.13. The molecule has 2 rings (SSSR count). The maximum atomic E-state index is 12.7. The molecule has 7 heteroatoms. The quantitative estimate of drug-likeness (QED) is 0.850. The first-order chi connectivity index (χ1) is 9.45. The molecule has 120 valence electrons. The van der Waals surface area contributed by atoms with Crippen LogP contribution in [0.5, 0.6) is 0 Å². The summed E-state index contributed by atoms with van der Waals surface area (Å²) in [6.45, 7) is 4.08. The van der Waals surface area contributed by atoms with Crippen molar-refractivity contribution in [3.63, 3.8) is 0 Å². The van der Waals surface area contributed by atoms with Crippen LogP contribution in [0.25, 0.3) is 0 Å². The molecule has 1 aliphatic rings. The molecule has 0 amide bonds. The van der Waals surface area contributed by atoms with Crippen LogP contribution in [-0.2, 0) is 10.0 Å². The normalized spacial score (nSPS) is 17.5. The molecule has 0 spiro atoms. The van der Waals surface area contributed by atoms with Crippen molar-refractivity contribution in [2.24, 2.45) is 5.92 Å². The maximum Gasteiger partial charge on any atom is 0.244 e. The van der Waals surface area contributed by atoms with Gasteiger partial charge in [0, 0.05) is 17.6 Å². The van der Waals surface area contributed by atoms with Gasteiger partial charge in [-0.3, -0.25) is 0 Å². The lowest BCUT2D eigenvalue weighted by molar-refractivity contribution is 0.270. The summed E-state index contributed by atoms with van der Waals surface area (Å²) in [5.74, 6) is 0.576. The van der Waals surface area contributed by atoms with Gasteiger partial charge >= 0.3 is 0 Å². The van der Waals surface area contributed by atoms with Gasteiger partial charge in [0.25, 0.3) is 0 Å². The molecule has 1 aliphatic heterocycles. The highest BCUT2D eigenvalue weighted by Gasteiger charge is 2.30. The second-order valence-corrected chi connectivity index (χ2v) is 8.10. The fourth-order valence-electron chi connectivity index (χ4n) is 2.59. The topological polar surface area (TPSA) is 49.4 Å². The van der Waals surface area contributed by atoms with E-state index in [1.807, 2.05) is 20.0 Å². The zero-order valence-electron chi connectivity index (χ0n) is 12.3. The van der Waals surface area contributed by atoms with Crippen LogP contribution in [-0.4, -0.2) is 39.4 Å². The Bertz CT molecular complexity index is 572. The van der Waals surface area contributed by atoms with Gasteiger partial charge in [0.2, 0.25) is 10.0 Å². The number of piperidine rings is 1. The molecule has 21 heavy (non-hydrogen) atoms. The van der Waals surface area contributed by atoms with E-state index in [1.54, 1.807) is 16.4 Å². The first kappa shape index (κ1) is 18.9. The van der Waals surface area contributed by atoms with E-state index in [9.17, 15) is 8.42 Å². The summed E-state index contributed by atoms with van der Waals surface area (Å²) in [4.78, 5) is 0.379. The third kappa shape index (κ3) is 4.42. The van der Waals surface area contributed by atoms with Crippen molar-refractivity contribution in [2.75, 3.05) is 26.7 Å². The van der Waals surface area contributed by atoms with Crippen molar-refractivity contribution in [2.45, 2.75) is 24.7 Å². The van der Waals surface area contributed by atoms with Crippen LogP contribution in [0.4, 0.5) is 0 Å². The largest absolute Gasteiger partial charge is 0.319 e. The molecule has 0 atom stereocenters. The van der Waals surface area contributed by atoms with Crippen molar-refractivity contribution in [1.29, 1.82) is 0 Å². The van der Waals surface area contributed by atoms with Crippen LogP contribution >= 0.6 is 28.3 Å². The minimum Gasteiger partial charge on any atom is -0.319 e. The lowest BCUT2D eigenvalue weighted by atomic mass is 9.98. The number of sulfonamides is 1. The fourth-order valence-corrected chi connectivity index (χ4v) is 5.07. The van der Waals surface area contributed by atoms with Gasteiger partial charge in [-0.2, -0.15) is 4.31 Å². The van der Waals surface area contributed by atoms with Gasteiger partial charge in [0.1, 0.15) is 0 Å². The molecule has 0 unspecified atom stereocenters. The molecule has 0 bridgehead atoms. The van der Waals surface area contributed by atoms with Crippen molar-refractivity contribution < 1.29 is 8.42 Å². The number of hydrogen-bond acceptors (Lipinski definition) is 3. The highest BCUT2D eigenvalue weighted by molar-refractivity contribution is 9.10. The van der Waals surface area contributed by atoms with Crippen molar-refractivity contribution in [1.82, 2.24) is 9.62 Å². The number of halogens is 2. The van der Waals surface area contributed by atoms with E-state index >= 15 is 0 Å². The molecule has 4 nitrogen and oxygen atoms in total. The van der Waals surface area contributed by atoms with Crippen LogP contribution in [0.2, 0.25) is 0 Å². The Balaban J connectivity index is 0.00000220.